The zero-order valence-electron chi connectivity index (χ0n) is 41.1. The SMILES string of the molecule is Cc1cccc([Si](c2ccccc2)(c2ccc(-c3ccc4c(c3)OC3=CC=CC(c5nc(-c6ccccc6)nc(-c6cc(C)c7c(c6)C(C)(C)c6ccccc6-7)n5)=C4[C@H]3C)cc2)[C@@H](C)c2ccccc2)c1. The van der Waals surface area contributed by atoms with Crippen LogP contribution >= 0.6 is 0 Å². The van der Waals surface area contributed by atoms with Gasteiger partial charge in [0.25, 0.3) is 0 Å². The minimum absolute atomic E-state index is 0.0381. The lowest BCUT2D eigenvalue weighted by Crippen LogP contribution is -2.70. The number of aryl methyl sites for hydroxylation is 2. The highest BCUT2D eigenvalue weighted by atomic mass is 28.3. The second kappa shape index (κ2) is 17.4. The van der Waals surface area contributed by atoms with Crippen LogP contribution in [0.5, 0.6) is 5.75 Å². The first-order valence-electron chi connectivity index (χ1n) is 24.9. The molecule has 5 heteroatoms. The fourth-order valence-electron chi connectivity index (χ4n) is 11.9. The maximum Gasteiger partial charge on any atom is 0.164 e. The Morgan fingerprint density at radius 2 is 1.17 bits per heavy atom. The van der Waals surface area contributed by atoms with Crippen molar-refractivity contribution in [3.8, 4) is 50.8 Å². The zero-order valence-corrected chi connectivity index (χ0v) is 42.1. The first-order valence-corrected chi connectivity index (χ1v) is 27.0. The van der Waals surface area contributed by atoms with Crippen LogP contribution in [0.25, 0.3) is 56.2 Å². The summed E-state index contributed by atoms with van der Waals surface area (Å²) in [6, 6.07) is 71.3. The molecule has 0 amide bonds. The van der Waals surface area contributed by atoms with E-state index in [0.29, 0.717) is 17.5 Å². The van der Waals surface area contributed by atoms with Crippen molar-refractivity contribution in [2.24, 2.45) is 5.92 Å². The van der Waals surface area contributed by atoms with Gasteiger partial charge in [-0.15, -0.1) is 0 Å². The fourth-order valence-corrected chi connectivity index (χ4v) is 17.4. The van der Waals surface area contributed by atoms with Crippen LogP contribution in [0, 0.1) is 19.8 Å². The summed E-state index contributed by atoms with van der Waals surface area (Å²) in [5, 5.41) is 4.19. The van der Waals surface area contributed by atoms with Crippen molar-refractivity contribution in [1.29, 1.82) is 0 Å². The van der Waals surface area contributed by atoms with Gasteiger partial charge in [-0.3, -0.25) is 0 Å². The first-order chi connectivity index (χ1) is 34.6. The molecule has 3 atom stereocenters. The Morgan fingerprint density at radius 1 is 0.535 bits per heavy atom. The van der Waals surface area contributed by atoms with Gasteiger partial charge in [0, 0.05) is 33.6 Å². The summed E-state index contributed by atoms with van der Waals surface area (Å²) in [6.07, 6.45) is 6.33. The van der Waals surface area contributed by atoms with Gasteiger partial charge in [-0.1, -0.05) is 221 Å². The van der Waals surface area contributed by atoms with E-state index in [0.717, 1.165) is 50.5 Å². The maximum atomic E-state index is 6.84. The molecule has 0 saturated carbocycles. The third kappa shape index (κ3) is 7.37. The summed E-state index contributed by atoms with van der Waals surface area (Å²) in [5.74, 6) is 3.62. The Morgan fingerprint density at radius 3 is 1.92 bits per heavy atom. The number of allylic oxidation sites excluding steroid dienone is 5. The van der Waals surface area contributed by atoms with Crippen LogP contribution in [0.4, 0.5) is 0 Å². The molecule has 8 aromatic carbocycles. The average Bonchev–Trinajstić information content (AvgIpc) is 3.58. The Bertz CT molecular complexity index is 3630. The van der Waals surface area contributed by atoms with Crippen molar-refractivity contribution in [1.82, 2.24) is 15.0 Å². The van der Waals surface area contributed by atoms with E-state index >= 15 is 0 Å². The number of fused-ring (bicyclic) bond motifs is 7. The largest absolute Gasteiger partial charge is 0.460 e. The van der Waals surface area contributed by atoms with Gasteiger partial charge in [0.2, 0.25) is 0 Å². The van der Waals surface area contributed by atoms with Crippen LogP contribution in [-0.2, 0) is 5.41 Å². The predicted molar refractivity (Wildman–Crippen MR) is 296 cm³/mol. The normalized spacial score (nSPS) is 16.4. The van der Waals surface area contributed by atoms with Crippen LogP contribution < -0.4 is 20.3 Å². The van der Waals surface area contributed by atoms with Crippen molar-refractivity contribution in [3.05, 3.63) is 257 Å². The molecule has 2 heterocycles. The Hall–Kier alpha value is -7.99. The second-order valence-electron chi connectivity index (χ2n) is 20.1. The molecule has 0 saturated heterocycles. The molecule has 4 nitrogen and oxygen atoms in total. The molecule has 2 bridgehead atoms. The fraction of sp³-hybridized carbons (Fsp3) is 0.136. The van der Waals surface area contributed by atoms with Gasteiger partial charge in [0.15, 0.2) is 25.5 Å². The highest BCUT2D eigenvalue weighted by molar-refractivity contribution is 7.12. The van der Waals surface area contributed by atoms with Crippen LogP contribution in [-0.4, -0.2) is 23.0 Å². The molecule has 9 aromatic rings. The summed E-state index contributed by atoms with van der Waals surface area (Å²) < 4.78 is 6.84. The number of benzene rings is 8. The highest BCUT2D eigenvalue weighted by Crippen LogP contribution is 2.51. The monoisotopic (exact) mass is 933 g/mol. The molecule has 0 N–H and O–H groups in total. The average molecular weight is 934 g/mol. The molecule has 71 heavy (non-hydrogen) atoms. The Labute approximate surface area is 418 Å². The number of hydrogen-bond acceptors (Lipinski definition) is 4. The molecular weight excluding hydrogens is 879 g/mol. The van der Waals surface area contributed by atoms with Crippen molar-refractivity contribution in [2.75, 3.05) is 0 Å². The van der Waals surface area contributed by atoms with Crippen molar-refractivity contribution < 1.29 is 4.74 Å². The van der Waals surface area contributed by atoms with E-state index in [2.05, 4.69) is 236 Å². The van der Waals surface area contributed by atoms with Crippen LogP contribution in [0.15, 0.2) is 218 Å². The van der Waals surface area contributed by atoms with Gasteiger partial charge in [0.05, 0.1) is 0 Å². The summed E-state index contributed by atoms with van der Waals surface area (Å²) in [7, 11) is -2.66. The lowest BCUT2D eigenvalue weighted by Gasteiger charge is -2.39. The van der Waals surface area contributed by atoms with E-state index in [-0.39, 0.29) is 16.9 Å². The standard InChI is InChI=1S/C66H55N3OSi/c1-42-20-18-27-53(38-42)71(51-25-14-9-15-26-51,45(4)46-21-10-7-11-22-46)52-35-32-47(33-36-52)49-34-37-55-60(41-49)70-59-31-19-29-56(62(55)44(59)3)65-68-63(48-23-12-8-13-24-48)67-64(69-65)50-39-43(2)61-54-28-16-17-30-57(54)66(5,6)58(61)40-50/h7-41,44-45H,1-6H3/t44-,45-,71?/m0/s1. The van der Waals surface area contributed by atoms with E-state index in [4.69, 9.17) is 19.7 Å². The third-order valence-electron chi connectivity index (χ3n) is 15.5. The van der Waals surface area contributed by atoms with Crippen molar-refractivity contribution in [3.63, 3.8) is 0 Å². The van der Waals surface area contributed by atoms with Crippen molar-refractivity contribution >= 4 is 34.8 Å². The third-order valence-corrected chi connectivity index (χ3v) is 20.9. The van der Waals surface area contributed by atoms with E-state index < -0.39 is 8.07 Å². The number of aromatic nitrogens is 3. The van der Waals surface area contributed by atoms with Gasteiger partial charge in [-0.05, 0) is 109 Å². The first kappa shape index (κ1) is 44.2. The minimum atomic E-state index is -2.66. The number of rotatable bonds is 9. The zero-order chi connectivity index (χ0) is 48.4. The summed E-state index contributed by atoms with van der Waals surface area (Å²) in [5.41, 5.74) is 16.5. The quantitative estimate of drug-likeness (QED) is 0.107. The van der Waals surface area contributed by atoms with Gasteiger partial charge in [0.1, 0.15) is 11.5 Å². The van der Waals surface area contributed by atoms with Crippen LogP contribution in [0.1, 0.15) is 72.4 Å². The summed E-state index contributed by atoms with van der Waals surface area (Å²) in [6.45, 7) is 13.7. The topological polar surface area (TPSA) is 47.9 Å². The molecule has 1 aliphatic heterocycles. The second-order valence-corrected chi connectivity index (χ2v) is 24.3. The summed E-state index contributed by atoms with van der Waals surface area (Å²) in [4.78, 5) is 15.9. The van der Waals surface area contributed by atoms with Gasteiger partial charge in [-0.25, -0.2) is 15.0 Å². The van der Waals surface area contributed by atoms with E-state index in [1.165, 1.54) is 54.5 Å². The molecule has 3 aliphatic rings. The van der Waals surface area contributed by atoms with Crippen molar-refractivity contribution in [2.45, 2.75) is 52.5 Å². The van der Waals surface area contributed by atoms with Gasteiger partial charge >= 0.3 is 0 Å². The van der Waals surface area contributed by atoms with Crippen LogP contribution in [0.2, 0.25) is 0 Å². The van der Waals surface area contributed by atoms with E-state index in [1.807, 2.05) is 18.2 Å². The van der Waals surface area contributed by atoms with E-state index in [1.54, 1.807) is 0 Å². The molecule has 1 aromatic heterocycles. The Balaban J connectivity index is 0.971. The molecule has 2 aliphatic carbocycles. The lowest BCUT2D eigenvalue weighted by molar-refractivity contribution is 0.372. The molecule has 0 spiro atoms. The van der Waals surface area contributed by atoms with Crippen LogP contribution in [0.3, 0.4) is 0 Å². The number of nitrogens with zero attached hydrogens (tertiary/aromatic N) is 3. The number of ether oxygens (including phenoxy) is 1. The van der Waals surface area contributed by atoms with E-state index in [9.17, 15) is 0 Å². The molecular formula is C66H55N3OSi. The Kier molecular flexibility index (Phi) is 10.9. The van der Waals surface area contributed by atoms with Gasteiger partial charge in [-0.2, -0.15) is 0 Å². The highest BCUT2D eigenvalue weighted by Gasteiger charge is 2.45. The molecule has 0 fully saturated rings. The molecule has 12 rings (SSSR count). The molecule has 0 radical (unpaired) electrons. The number of hydrogen-bond donors (Lipinski definition) is 0. The smallest absolute Gasteiger partial charge is 0.164 e. The minimum Gasteiger partial charge on any atom is -0.460 e. The molecule has 1 unspecified atom stereocenters. The maximum absolute atomic E-state index is 6.84. The molecule has 344 valence electrons. The van der Waals surface area contributed by atoms with Gasteiger partial charge < -0.3 is 4.74 Å². The lowest BCUT2D eigenvalue weighted by atomic mass is 9.81. The predicted octanol–water partition coefficient (Wildman–Crippen LogP) is 14.0. The summed E-state index contributed by atoms with van der Waals surface area (Å²) >= 11 is 0.